The number of nitriles is 1. The largest absolute Gasteiger partial charge is 0.438 e. The molecule has 0 spiro atoms. The highest BCUT2D eigenvalue weighted by molar-refractivity contribution is 5.41. The van der Waals surface area contributed by atoms with E-state index in [9.17, 15) is 0 Å². The third-order valence-electron chi connectivity index (χ3n) is 3.40. The van der Waals surface area contributed by atoms with E-state index in [1.54, 1.807) is 12.1 Å². The Morgan fingerprint density at radius 3 is 2.50 bits per heavy atom. The number of aryl methyl sites for hydroxylation is 1. The van der Waals surface area contributed by atoms with Gasteiger partial charge in [0.1, 0.15) is 17.4 Å². The van der Waals surface area contributed by atoms with Gasteiger partial charge in [0.2, 0.25) is 5.88 Å². The number of hydrogen-bond acceptors (Lipinski definition) is 3. The van der Waals surface area contributed by atoms with Crippen LogP contribution in [0.3, 0.4) is 0 Å². The van der Waals surface area contributed by atoms with Crippen molar-refractivity contribution in [2.24, 2.45) is 0 Å². The molecule has 0 fully saturated rings. The van der Waals surface area contributed by atoms with Crippen LogP contribution < -0.4 is 4.74 Å². The van der Waals surface area contributed by atoms with E-state index in [2.05, 4.69) is 37.0 Å². The molecule has 2 aromatic rings. The molecule has 102 valence electrons. The summed E-state index contributed by atoms with van der Waals surface area (Å²) >= 11 is 0. The molecule has 0 bridgehead atoms. The fourth-order valence-corrected chi connectivity index (χ4v) is 1.91. The molecular formula is C17H18N2O. The fourth-order valence-electron chi connectivity index (χ4n) is 1.91. The van der Waals surface area contributed by atoms with Crippen molar-refractivity contribution >= 4 is 0 Å². The molecule has 0 radical (unpaired) electrons. The molecule has 2 rings (SSSR count). The van der Waals surface area contributed by atoms with Gasteiger partial charge < -0.3 is 4.74 Å². The van der Waals surface area contributed by atoms with Crippen LogP contribution in [0.25, 0.3) is 0 Å². The fraction of sp³-hybridized carbons (Fsp3) is 0.294. The van der Waals surface area contributed by atoms with Crippen LogP contribution in [-0.2, 0) is 0 Å². The summed E-state index contributed by atoms with van der Waals surface area (Å²) in [6, 6.07) is 13.6. The van der Waals surface area contributed by atoms with E-state index in [1.807, 2.05) is 19.1 Å². The molecule has 0 aliphatic heterocycles. The zero-order chi connectivity index (χ0) is 14.5. The van der Waals surface area contributed by atoms with Gasteiger partial charge in [-0.3, -0.25) is 0 Å². The minimum Gasteiger partial charge on any atom is -0.438 e. The number of ether oxygens (including phenoxy) is 1. The smallest absolute Gasteiger partial charge is 0.237 e. The van der Waals surface area contributed by atoms with Crippen molar-refractivity contribution in [2.75, 3.05) is 0 Å². The quantitative estimate of drug-likeness (QED) is 0.814. The lowest BCUT2D eigenvalue weighted by Gasteiger charge is -2.11. The van der Waals surface area contributed by atoms with E-state index >= 15 is 0 Å². The monoisotopic (exact) mass is 266 g/mol. The summed E-state index contributed by atoms with van der Waals surface area (Å²) in [4.78, 5) is 4.27. The molecule has 0 saturated heterocycles. The zero-order valence-electron chi connectivity index (χ0n) is 12.1. The van der Waals surface area contributed by atoms with Crippen molar-refractivity contribution in [2.45, 2.75) is 33.1 Å². The van der Waals surface area contributed by atoms with Gasteiger partial charge in [0.05, 0.1) is 0 Å². The minimum atomic E-state index is 0.365. The molecule has 0 N–H and O–H groups in total. The van der Waals surface area contributed by atoms with Crippen LogP contribution in [-0.4, -0.2) is 4.98 Å². The second-order valence-electron chi connectivity index (χ2n) is 4.90. The topological polar surface area (TPSA) is 45.9 Å². The van der Waals surface area contributed by atoms with Crippen LogP contribution >= 0.6 is 0 Å². The molecule has 1 aromatic carbocycles. The third kappa shape index (κ3) is 3.16. The standard InChI is InChI=1S/C17H18N2O/c1-4-12(2)14-7-9-16(10-8-14)20-17-15(11-18)6-5-13(3)19-17/h5-10,12H,4H2,1-3H3. The predicted octanol–water partition coefficient (Wildman–Crippen LogP) is 4.57. The maximum Gasteiger partial charge on any atom is 0.237 e. The molecular weight excluding hydrogens is 248 g/mol. The van der Waals surface area contributed by atoms with Crippen LogP contribution in [0.2, 0.25) is 0 Å². The summed E-state index contributed by atoms with van der Waals surface area (Å²) in [5, 5.41) is 9.07. The van der Waals surface area contributed by atoms with Gasteiger partial charge in [-0.1, -0.05) is 26.0 Å². The van der Waals surface area contributed by atoms with Crippen LogP contribution in [0, 0.1) is 18.3 Å². The van der Waals surface area contributed by atoms with Crippen molar-refractivity contribution in [1.82, 2.24) is 4.98 Å². The average molecular weight is 266 g/mol. The van der Waals surface area contributed by atoms with E-state index in [-0.39, 0.29) is 0 Å². The highest BCUT2D eigenvalue weighted by Gasteiger charge is 2.08. The Morgan fingerprint density at radius 1 is 1.20 bits per heavy atom. The summed E-state index contributed by atoms with van der Waals surface area (Å²) in [5.41, 5.74) is 2.56. The molecule has 0 amide bonds. The van der Waals surface area contributed by atoms with Gasteiger partial charge in [-0.2, -0.15) is 5.26 Å². The Balaban J connectivity index is 2.22. The van der Waals surface area contributed by atoms with Gasteiger partial charge in [0, 0.05) is 5.69 Å². The lowest BCUT2D eigenvalue weighted by Crippen LogP contribution is -1.95. The van der Waals surface area contributed by atoms with Crippen molar-refractivity contribution in [3.05, 3.63) is 53.2 Å². The van der Waals surface area contributed by atoms with Gasteiger partial charge in [-0.15, -0.1) is 0 Å². The average Bonchev–Trinajstić information content (AvgIpc) is 2.47. The van der Waals surface area contributed by atoms with E-state index in [1.165, 1.54) is 5.56 Å². The Labute approximate surface area is 119 Å². The first-order chi connectivity index (χ1) is 9.63. The normalized spacial score (nSPS) is 11.7. The highest BCUT2D eigenvalue weighted by atomic mass is 16.5. The summed E-state index contributed by atoms with van der Waals surface area (Å²) in [5.74, 6) is 1.60. The van der Waals surface area contributed by atoms with Gasteiger partial charge >= 0.3 is 0 Å². The Morgan fingerprint density at radius 2 is 1.90 bits per heavy atom. The van der Waals surface area contributed by atoms with Gasteiger partial charge in [0.25, 0.3) is 0 Å². The van der Waals surface area contributed by atoms with Crippen molar-refractivity contribution in [1.29, 1.82) is 5.26 Å². The van der Waals surface area contributed by atoms with Crippen LogP contribution in [0.15, 0.2) is 36.4 Å². The lowest BCUT2D eigenvalue weighted by atomic mass is 9.99. The molecule has 1 unspecified atom stereocenters. The predicted molar refractivity (Wildman–Crippen MR) is 78.9 cm³/mol. The van der Waals surface area contributed by atoms with E-state index in [0.717, 1.165) is 12.1 Å². The Hall–Kier alpha value is -2.34. The number of benzene rings is 1. The molecule has 3 nitrogen and oxygen atoms in total. The van der Waals surface area contributed by atoms with Gasteiger partial charge in [0.15, 0.2) is 0 Å². The minimum absolute atomic E-state index is 0.365. The van der Waals surface area contributed by atoms with E-state index in [0.29, 0.717) is 23.1 Å². The number of aromatic nitrogens is 1. The second kappa shape index (κ2) is 6.21. The first-order valence-corrected chi connectivity index (χ1v) is 6.79. The third-order valence-corrected chi connectivity index (χ3v) is 3.40. The van der Waals surface area contributed by atoms with Crippen LogP contribution in [0.4, 0.5) is 0 Å². The molecule has 0 aliphatic carbocycles. The number of pyridine rings is 1. The lowest BCUT2D eigenvalue weighted by molar-refractivity contribution is 0.459. The van der Waals surface area contributed by atoms with Crippen molar-refractivity contribution in [3.8, 4) is 17.7 Å². The van der Waals surface area contributed by atoms with Gasteiger partial charge in [-0.05, 0) is 49.1 Å². The Kier molecular flexibility index (Phi) is 4.37. The SMILES string of the molecule is CCC(C)c1ccc(Oc2nc(C)ccc2C#N)cc1. The highest BCUT2D eigenvalue weighted by Crippen LogP contribution is 2.26. The van der Waals surface area contributed by atoms with Gasteiger partial charge in [-0.25, -0.2) is 4.98 Å². The zero-order valence-corrected chi connectivity index (χ0v) is 12.1. The van der Waals surface area contributed by atoms with E-state index < -0.39 is 0 Å². The molecule has 1 aromatic heterocycles. The number of nitrogens with zero attached hydrogens (tertiary/aromatic N) is 2. The van der Waals surface area contributed by atoms with Crippen molar-refractivity contribution < 1.29 is 4.74 Å². The van der Waals surface area contributed by atoms with E-state index in [4.69, 9.17) is 10.00 Å². The molecule has 1 heterocycles. The second-order valence-corrected chi connectivity index (χ2v) is 4.90. The maximum absolute atomic E-state index is 9.07. The molecule has 3 heteroatoms. The first kappa shape index (κ1) is 14.1. The summed E-state index contributed by atoms with van der Waals surface area (Å²) in [6.45, 7) is 6.25. The Bertz CT molecular complexity index is 626. The molecule has 0 saturated carbocycles. The van der Waals surface area contributed by atoms with Crippen LogP contribution in [0.1, 0.15) is 43.0 Å². The summed E-state index contributed by atoms with van der Waals surface area (Å²) in [6.07, 6.45) is 1.11. The molecule has 0 aliphatic rings. The van der Waals surface area contributed by atoms with Crippen molar-refractivity contribution in [3.63, 3.8) is 0 Å². The molecule has 20 heavy (non-hydrogen) atoms. The maximum atomic E-state index is 9.07. The first-order valence-electron chi connectivity index (χ1n) is 6.79. The number of rotatable bonds is 4. The van der Waals surface area contributed by atoms with Crippen LogP contribution in [0.5, 0.6) is 11.6 Å². The summed E-state index contributed by atoms with van der Waals surface area (Å²) in [7, 11) is 0. The summed E-state index contributed by atoms with van der Waals surface area (Å²) < 4.78 is 5.72. The number of hydrogen-bond donors (Lipinski definition) is 0. The molecule has 1 atom stereocenters.